The van der Waals surface area contributed by atoms with Crippen molar-refractivity contribution in [2.45, 2.75) is 80.2 Å². The van der Waals surface area contributed by atoms with Crippen molar-refractivity contribution in [3.63, 3.8) is 0 Å². The summed E-state index contributed by atoms with van der Waals surface area (Å²) in [6.45, 7) is 16.8. The number of amides is 2. The first kappa shape index (κ1) is 32.1. The quantitative estimate of drug-likeness (QED) is 0.290. The lowest BCUT2D eigenvalue weighted by Crippen LogP contribution is -2.41. The van der Waals surface area contributed by atoms with Gasteiger partial charge in [-0.3, -0.25) is 24.2 Å². The van der Waals surface area contributed by atoms with Crippen LogP contribution in [0.5, 0.6) is 0 Å². The Morgan fingerprint density at radius 1 is 1.12 bits per heavy atom. The highest BCUT2D eigenvalue weighted by Crippen LogP contribution is 2.30. The van der Waals surface area contributed by atoms with E-state index in [1.165, 1.54) is 0 Å². The standard InChI is InChI=1S/C34H47N7O2/c1-9-29-12-11-26(27-19-36-39(8)21-27)17-23(3)41(29)31(10-2)24(4)33(43)38-30-18-28(20-35-25(30)5)37-32(42)22-40-15-13-34(6,7)14-16-40/h11-12,17-21,29H,9-10,13-16,22H2,1-8H3,(H-,37,38,42,43)/p+1/b31-24+. The minimum atomic E-state index is -0.187. The Morgan fingerprint density at radius 2 is 1.84 bits per heavy atom. The molecule has 1 unspecified atom stereocenters. The summed E-state index contributed by atoms with van der Waals surface area (Å²) in [6, 6.07) is 1.90. The zero-order chi connectivity index (χ0) is 31.3. The van der Waals surface area contributed by atoms with E-state index in [2.05, 4.69) is 83.0 Å². The van der Waals surface area contributed by atoms with Gasteiger partial charge >= 0.3 is 0 Å². The van der Waals surface area contributed by atoms with Crippen LogP contribution in [0.15, 0.2) is 54.2 Å². The smallest absolute Gasteiger partial charge is 0.257 e. The fraction of sp³-hybridized carbons (Fsp3) is 0.500. The van der Waals surface area contributed by atoms with Crippen LogP contribution in [0.4, 0.5) is 11.4 Å². The number of allylic oxidation sites excluding steroid dienone is 4. The predicted molar refractivity (Wildman–Crippen MR) is 174 cm³/mol. The van der Waals surface area contributed by atoms with Gasteiger partial charge in [-0.2, -0.15) is 9.67 Å². The molecule has 43 heavy (non-hydrogen) atoms. The van der Waals surface area contributed by atoms with Crippen molar-refractivity contribution < 1.29 is 14.2 Å². The van der Waals surface area contributed by atoms with E-state index in [0.717, 1.165) is 54.9 Å². The van der Waals surface area contributed by atoms with Gasteiger partial charge in [0, 0.05) is 44.6 Å². The fourth-order valence-corrected chi connectivity index (χ4v) is 5.80. The molecular weight excluding hydrogens is 538 g/mol. The van der Waals surface area contributed by atoms with Crippen LogP contribution in [-0.2, 0) is 16.6 Å². The highest BCUT2D eigenvalue weighted by molar-refractivity contribution is 6.05. The Balaban J connectivity index is 1.53. The van der Waals surface area contributed by atoms with Crippen LogP contribution >= 0.6 is 0 Å². The number of aryl methyl sites for hydroxylation is 2. The SMILES string of the molecule is CC/C(=C(/C)C(=O)Nc1cc(NC(=O)CN2CCC(C)(C)CC2)cnc1C)[N+]1=C(C)C=C(c2cnn(C)c2)C=CC1CC. The summed E-state index contributed by atoms with van der Waals surface area (Å²) in [5.41, 5.74) is 7.01. The molecule has 1 fully saturated rings. The number of likely N-dealkylation sites (tertiary alicyclic amines) is 1. The molecule has 0 aromatic carbocycles. The number of nitrogens with zero attached hydrogens (tertiary/aromatic N) is 5. The Morgan fingerprint density at radius 3 is 2.47 bits per heavy atom. The van der Waals surface area contributed by atoms with Crippen LogP contribution in [0, 0.1) is 12.3 Å². The van der Waals surface area contributed by atoms with Gasteiger partial charge in [-0.25, -0.2) is 0 Å². The van der Waals surface area contributed by atoms with E-state index in [9.17, 15) is 9.59 Å². The third-order valence-electron chi connectivity index (χ3n) is 8.63. The second-order valence-corrected chi connectivity index (χ2v) is 12.6. The molecule has 230 valence electrons. The summed E-state index contributed by atoms with van der Waals surface area (Å²) >= 11 is 0. The van der Waals surface area contributed by atoms with E-state index in [1.54, 1.807) is 16.9 Å². The molecule has 2 aromatic heterocycles. The summed E-state index contributed by atoms with van der Waals surface area (Å²) in [5, 5.41) is 10.4. The van der Waals surface area contributed by atoms with Crippen LogP contribution in [0.2, 0.25) is 0 Å². The largest absolute Gasteiger partial charge is 0.324 e. The maximum Gasteiger partial charge on any atom is 0.257 e. The average molecular weight is 587 g/mol. The zero-order valence-electron chi connectivity index (χ0n) is 27.1. The monoisotopic (exact) mass is 586 g/mol. The summed E-state index contributed by atoms with van der Waals surface area (Å²) in [5.74, 6) is -0.259. The Labute approximate surface area is 256 Å². The van der Waals surface area contributed by atoms with Gasteiger partial charge in [-0.1, -0.05) is 33.8 Å². The van der Waals surface area contributed by atoms with Crippen LogP contribution < -0.4 is 10.6 Å². The lowest BCUT2D eigenvalue weighted by molar-refractivity contribution is -0.509. The first-order valence-corrected chi connectivity index (χ1v) is 15.4. The molecule has 1 saturated heterocycles. The molecular formula is C34H48N7O2+. The molecule has 4 rings (SSSR count). The van der Waals surface area contributed by atoms with E-state index >= 15 is 0 Å². The lowest BCUT2D eigenvalue weighted by Gasteiger charge is -2.36. The summed E-state index contributed by atoms with van der Waals surface area (Å²) < 4.78 is 4.08. The molecule has 2 aromatic rings. The molecule has 2 N–H and O–H groups in total. The second-order valence-electron chi connectivity index (χ2n) is 12.6. The molecule has 4 heterocycles. The number of nitrogens with one attached hydrogen (secondary N) is 2. The van der Waals surface area contributed by atoms with Gasteiger partial charge < -0.3 is 10.6 Å². The number of aromatic nitrogens is 3. The van der Waals surface area contributed by atoms with E-state index in [1.807, 2.05) is 33.3 Å². The van der Waals surface area contributed by atoms with E-state index in [4.69, 9.17) is 0 Å². The van der Waals surface area contributed by atoms with Crippen LogP contribution in [0.1, 0.15) is 78.5 Å². The first-order chi connectivity index (χ1) is 20.4. The molecule has 0 aliphatic carbocycles. The minimum Gasteiger partial charge on any atom is -0.324 e. The lowest BCUT2D eigenvalue weighted by atomic mass is 9.83. The van der Waals surface area contributed by atoms with Crippen molar-refractivity contribution in [2.75, 3.05) is 30.3 Å². The molecule has 0 saturated carbocycles. The summed E-state index contributed by atoms with van der Waals surface area (Å²) in [6.07, 6.45) is 15.8. The molecule has 2 aliphatic rings. The number of hydrogen-bond donors (Lipinski definition) is 2. The summed E-state index contributed by atoms with van der Waals surface area (Å²) in [4.78, 5) is 33.1. The van der Waals surface area contributed by atoms with Crippen LogP contribution in [0.25, 0.3) is 5.57 Å². The first-order valence-electron chi connectivity index (χ1n) is 15.4. The Hall–Kier alpha value is -3.85. The molecule has 2 aliphatic heterocycles. The van der Waals surface area contributed by atoms with E-state index in [-0.39, 0.29) is 17.9 Å². The van der Waals surface area contributed by atoms with Crippen molar-refractivity contribution in [3.05, 3.63) is 65.4 Å². The number of rotatable bonds is 9. The third-order valence-corrected chi connectivity index (χ3v) is 8.63. The van der Waals surface area contributed by atoms with E-state index in [0.29, 0.717) is 41.0 Å². The molecule has 9 nitrogen and oxygen atoms in total. The minimum absolute atomic E-state index is 0.0727. The molecule has 0 radical (unpaired) electrons. The Kier molecular flexibility index (Phi) is 10.2. The molecule has 0 spiro atoms. The molecule has 1 atom stereocenters. The topological polar surface area (TPSA) is 95.2 Å². The van der Waals surface area contributed by atoms with Crippen molar-refractivity contribution in [2.24, 2.45) is 12.5 Å². The van der Waals surface area contributed by atoms with E-state index < -0.39 is 0 Å². The third kappa shape index (κ3) is 7.96. The molecule has 2 amide bonds. The number of anilines is 2. The van der Waals surface area contributed by atoms with Gasteiger partial charge in [0.05, 0.1) is 41.6 Å². The maximum atomic E-state index is 13.7. The van der Waals surface area contributed by atoms with Crippen LogP contribution in [0.3, 0.4) is 0 Å². The number of piperidine rings is 1. The van der Waals surface area contributed by atoms with Crippen molar-refractivity contribution in [3.8, 4) is 0 Å². The van der Waals surface area contributed by atoms with Gasteiger partial charge in [0.1, 0.15) is 0 Å². The molecule has 0 bridgehead atoms. The number of pyridine rings is 1. The van der Waals surface area contributed by atoms with Gasteiger partial charge in [0.15, 0.2) is 17.5 Å². The zero-order valence-corrected chi connectivity index (χ0v) is 27.1. The molecule has 9 heteroatoms. The number of carbonyl (C=O) groups excluding carboxylic acids is 2. The van der Waals surface area contributed by atoms with Crippen LogP contribution in [-0.4, -0.2) is 67.4 Å². The van der Waals surface area contributed by atoms with Gasteiger partial charge in [-0.15, -0.1) is 0 Å². The normalized spacial score (nSPS) is 19.4. The van der Waals surface area contributed by atoms with Crippen molar-refractivity contribution in [1.29, 1.82) is 0 Å². The summed E-state index contributed by atoms with van der Waals surface area (Å²) in [7, 11) is 1.92. The fourth-order valence-electron chi connectivity index (χ4n) is 5.80. The van der Waals surface area contributed by atoms with Crippen molar-refractivity contribution in [1.82, 2.24) is 19.7 Å². The highest BCUT2D eigenvalue weighted by Gasteiger charge is 2.29. The van der Waals surface area contributed by atoms with Gasteiger partial charge in [0.25, 0.3) is 5.91 Å². The predicted octanol–water partition coefficient (Wildman–Crippen LogP) is 5.71. The van der Waals surface area contributed by atoms with Crippen molar-refractivity contribution >= 4 is 34.5 Å². The maximum absolute atomic E-state index is 13.7. The number of hydrogen-bond acceptors (Lipinski definition) is 5. The highest BCUT2D eigenvalue weighted by atomic mass is 16.2. The number of carbonyl (C=O) groups is 2. The second kappa shape index (κ2) is 13.6. The van der Waals surface area contributed by atoms with Gasteiger partial charge in [0.2, 0.25) is 5.91 Å². The van der Waals surface area contributed by atoms with Gasteiger partial charge in [-0.05, 0) is 62.9 Å². The average Bonchev–Trinajstić information content (AvgIpc) is 3.33. The Bertz CT molecular complexity index is 1480.